The van der Waals surface area contributed by atoms with Crippen molar-refractivity contribution in [2.24, 2.45) is 0 Å². The highest BCUT2D eigenvalue weighted by molar-refractivity contribution is 14.2. The van der Waals surface area contributed by atoms with E-state index >= 15 is 0 Å². The Morgan fingerprint density at radius 1 is 1.06 bits per heavy atom. The summed E-state index contributed by atoms with van der Waals surface area (Å²) in [5.41, 5.74) is 1.28. The van der Waals surface area contributed by atoms with Gasteiger partial charge in [-0.1, -0.05) is 75.5 Å². The highest BCUT2D eigenvalue weighted by atomic mass is 127. The van der Waals surface area contributed by atoms with Gasteiger partial charge in [0.2, 0.25) is 0 Å². The summed E-state index contributed by atoms with van der Waals surface area (Å²) in [6.45, 7) is 0. The largest absolute Gasteiger partial charge is 0.227 e. The van der Waals surface area contributed by atoms with Crippen LogP contribution in [0.25, 0.3) is 0 Å². The van der Waals surface area contributed by atoms with Crippen LogP contribution < -0.4 is 0 Å². The maximum atomic E-state index is 11.5. The molecule has 0 amide bonds. The van der Waals surface area contributed by atoms with Gasteiger partial charge in [0.05, 0.1) is 5.75 Å². The third-order valence-corrected chi connectivity index (χ3v) is 8.31. The minimum absolute atomic E-state index is 0.302. The van der Waals surface area contributed by atoms with Crippen molar-refractivity contribution < 1.29 is 8.42 Å². The first-order chi connectivity index (χ1) is 7.52. The van der Waals surface area contributed by atoms with Crippen LogP contribution in [0.3, 0.4) is 0 Å². The Hall–Kier alpha value is 0.630. The molecule has 5 heteroatoms. The second kappa shape index (κ2) is 7.15. The van der Waals surface area contributed by atoms with E-state index < -0.39 is 9.84 Å². The Kier molecular flexibility index (Phi) is 6.57. The smallest absolute Gasteiger partial charge is 0.171 e. The Bertz CT molecular complexity index is 401. The van der Waals surface area contributed by atoms with E-state index in [2.05, 4.69) is 12.1 Å². The molecule has 0 fully saturated rings. The first-order valence-electron chi connectivity index (χ1n) is 5.06. The zero-order valence-corrected chi connectivity index (χ0v) is 13.9. The monoisotopic (exact) mass is 464 g/mol. The molecule has 0 spiro atoms. The average Bonchev–Trinajstić information content (AvgIpc) is 2.26. The minimum Gasteiger partial charge on any atom is -0.227 e. The van der Waals surface area contributed by atoms with E-state index in [-0.39, 0.29) is 1.26 Å². The van der Waals surface area contributed by atoms with Crippen LogP contribution in [0.2, 0.25) is 0 Å². The summed E-state index contributed by atoms with van der Waals surface area (Å²) in [6.07, 6.45) is 2.65. The van der Waals surface area contributed by atoms with E-state index in [9.17, 15) is 8.42 Å². The van der Waals surface area contributed by atoms with Crippen molar-refractivity contribution in [3.05, 3.63) is 35.9 Å². The van der Waals surface area contributed by atoms with Gasteiger partial charge in [0.25, 0.3) is 0 Å². The lowest BCUT2D eigenvalue weighted by Gasteiger charge is -2.05. The molecule has 0 heterocycles. The van der Waals surface area contributed by atoms with Gasteiger partial charge in [-0.15, -0.1) is 0 Å². The number of benzene rings is 1. The third-order valence-electron chi connectivity index (χ3n) is 2.26. The van der Waals surface area contributed by atoms with E-state index in [1.807, 2.05) is 63.4 Å². The molecule has 0 unspecified atom stereocenters. The molecule has 0 aliphatic rings. The summed E-state index contributed by atoms with van der Waals surface area (Å²) in [5, 5.41) is 0. The van der Waals surface area contributed by atoms with Crippen molar-refractivity contribution in [3.8, 4) is 0 Å². The molecular weight excluding hydrogens is 450 g/mol. The molecule has 1 aromatic carbocycles. The molecule has 0 aliphatic heterocycles. The van der Waals surface area contributed by atoms with Crippen molar-refractivity contribution >= 4 is 55.0 Å². The van der Waals surface area contributed by atoms with Crippen molar-refractivity contribution in [2.75, 3.05) is 5.75 Å². The quantitative estimate of drug-likeness (QED) is 0.367. The molecule has 0 N–H and O–H groups in total. The van der Waals surface area contributed by atoms with Crippen LogP contribution in [-0.2, 0) is 16.3 Å². The van der Waals surface area contributed by atoms with E-state index in [1.54, 1.807) is 0 Å². The summed E-state index contributed by atoms with van der Waals surface area (Å²) in [7, 11) is -2.88. The topological polar surface area (TPSA) is 34.1 Å². The van der Waals surface area contributed by atoms with Gasteiger partial charge in [0.1, 0.15) is 0 Å². The average molecular weight is 464 g/mol. The first-order valence-corrected chi connectivity index (χ1v) is 9.27. The normalized spacial score (nSPS) is 11.9. The lowest BCUT2D eigenvalue weighted by Crippen LogP contribution is -2.12. The Morgan fingerprint density at radius 2 is 1.69 bits per heavy atom. The lowest BCUT2D eigenvalue weighted by atomic mass is 10.1. The van der Waals surface area contributed by atoms with Gasteiger partial charge in [-0.05, 0) is 24.8 Å². The number of rotatable bonds is 6. The summed E-state index contributed by atoms with van der Waals surface area (Å²) in [6, 6.07) is 10.2. The van der Waals surface area contributed by atoms with Crippen LogP contribution in [0.5, 0.6) is 0 Å². The molecule has 16 heavy (non-hydrogen) atoms. The Morgan fingerprint density at radius 3 is 2.25 bits per heavy atom. The highest BCUT2D eigenvalue weighted by Crippen LogP contribution is 2.19. The van der Waals surface area contributed by atoms with Gasteiger partial charge in [0, 0.05) is 0 Å². The molecule has 0 saturated carbocycles. The van der Waals surface area contributed by atoms with Crippen LogP contribution in [0.15, 0.2) is 30.3 Å². The molecule has 1 rings (SSSR count). The predicted octanol–water partition coefficient (Wildman–Crippen LogP) is 3.58. The summed E-state index contributed by atoms with van der Waals surface area (Å²) in [4.78, 5) is 0. The van der Waals surface area contributed by atoms with E-state index in [1.165, 1.54) is 5.56 Å². The lowest BCUT2D eigenvalue weighted by molar-refractivity contribution is 0.596. The second-order valence-electron chi connectivity index (χ2n) is 3.57. The molecule has 0 aromatic heterocycles. The van der Waals surface area contributed by atoms with Crippen molar-refractivity contribution in [2.45, 2.75) is 20.5 Å². The second-order valence-corrected chi connectivity index (χ2v) is 12.3. The van der Waals surface area contributed by atoms with Crippen LogP contribution in [0.4, 0.5) is 0 Å². The van der Waals surface area contributed by atoms with Crippen LogP contribution in [-0.4, -0.2) is 15.4 Å². The maximum absolute atomic E-state index is 11.5. The van der Waals surface area contributed by atoms with Crippen molar-refractivity contribution in [1.82, 2.24) is 0 Å². The summed E-state index contributed by atoms with van der Waals surface area (Å²) < 4.78 is 22.7. The van der Waals surface area contributed by atoms with Gasteiger partial charge >= 0.3 is 0 Å². The van der Waals surface area contributed by atoms with E-state index in [0.29, 0.717) is 5.75 Å². The number of unbranched alkanes of at least 4 members (excludes halogenated alkanes) is 1. The molecule has 1 aromatic rings. The minimum atomic E-state index is -2.88. The summed E-state index contributed by atoms with van der Waals surface area (Å²) in [5.74, 6) is 0.302. The van der Waals surface area contributed by atoms with Gasteiger partial charge in [0.15, 0.2) is 11.1 Å². The van der Waals surface area contributed by atoms with Gasteiger partial charge < -0.3 is 0 Å². The van der Waals surface area contributed by atoms with Crippen molar-refractivity contribution in [1.29, 1.82) is 0 Å². The number of hydrogen-bond acceptors (Lipinski definition) is 2. The molecule has 0 atom stereocenters. The Labute approximate surface area is 124 Å². The predicted molar refractivity (Wildman–Crippen MR) is 85.0 cm³/mol. The SMILES string of the molecule is O=S(=O)(CCCCc1ccccc1)C(I)I. The van der Waals surface area contributed by atoms with E-state index in [0.717, 1.165) is 19.3 Å². The number of sulfone groups is 1. The fourth-order valence-electron chi connectivity index (χ4n) is 1.37. The molecule has 0 saturated heterocycles. The van der Waals surface area contributed by atoms with Crippen LogP contribution in [0, 0.1) is 0 Å². The standard InChI is InChI=1S/C11H14I2O2S/c12-11(13)16(14,15)9-5-4-8-10-6-2-1-3-7-10/h1-3,6-7,11H,4-5,8-9H2. The highest BCUT2D eigenvalue weighted by Gasteiger charge is 2.17. The van der Waals surface area contributed by atoms with Crippen LogP contribution >= 0.6 is 45.2 Å². The number of halogens is 2. The maximum Gasteiger partial charge on any atom is 0.171 e. The van der Waals surface area contributed by atoms with Gasteiger partial charge in [-0.2, -0.15) is 0 Å². The van der Waals surface area contributed by atoms with Crippen LogP contribution in [0.1, 0.15) is 18.4 Å². The fourth-order valence-corrected chi connectivity index (χ4v) is 3.68. The van der Waals surface area contributed by atoms with Gasteiger partial charge in [-0.25, -0.2) is 8.42 Å². The summed E-state index contributed by atoms with van der Waals surface area (Å²) >= 11 is 3.89. The zero-order valence-electron chi connectivity index (χ0n) is 8.77. The first kappa shape index (κ1) is 14.7. The molecule has 0 aliphatic carbocycles. The van der Waals surface area contributed by atoms with E-state index in [4.69, 9.17) is 0 Å². The zero-order chi connectivity index (χ0) is 12.0. The molecule has 0 bridgehead atoms. The third kappa shape index (κ3) is 5.31. The van der Waals surface area contributed by atoms with Gasteiger partial charge in [-0.3, -0.25) is 0 Å². The van der Waals surface area contributed by atoms with Crippen molar-refractivity contribution in [3.63, 3.8) is 0 Å². The molecular formula is C11H14I2O2S. The number of alkyl halides is 2. The number of hydrogen-bond donors (Lipinski definition) is 0. The molecule has 90 valence electrons. The molecule has 0 radical (unpaired) electrons. The number of aryl methyl sites for hydroxylation is 1. The molecule has 2 nitrogen and oxygen atoms in total. The fraction of sp³-hybridized carbons (Fsp3) is 0.455. The Balaban J connectivity index is 2.28.